The van der Waals surface area contributed by atoms with E-state index in [9.17, 15) is 10.1 Å². The molecule has 1 heterocycles. The first-order chi connectivity index (χ1) is 9.52. The van der Waals surface area contributed by atoms with Gasteiger partial charge in [0.15, 0.2) is 0 Å². The molecule has 0 spiro atoms. The zero-order valence-corrected chi connectivity index (χ0v) is 11.4. The fraction of sp³-hybridized carbons (Fsp3) is 0.308. The van der Waals surface area contributed by atoms with E-state index >= 15 is 0 Å². The zero-order valence-electron chi connectivity index (χ0n) is 11.4. The summed E-state index contributed by atoms with van der Waals surface area (Å²) in [6.45, 7) is 1.94. The highest BCUT2D eigenvalue weighted by atomic mass is 16.6. The van der Waals surface area contributed by atoms with Crippen molar-refractivity contribution in [3.05, 3.63) is 40.1 Å². The first-order valence-corrected chi connectivity index (χ1v) is 6.26. The summed E-state index contributed by atoms with van der Waals surface area (Å²) < 4.78 is 6.97. The Bertz CT molecular complexity index is 637. The van der Waals surface area contributed by atoms with Gasteiger partial charge in [-0.3, -0.25) is 10.1 Å². The minimum Gasteiger partial charge on any atom is -0.434 e. The molecule has 0 aliphatic heterocycles. The molecule has 0 aliphatic rings. The van der Waals surface area contributed by atoms with E-state index in [0.717, 1.165) is 6.42 Å². The standard InChI is InChI=1S/C13H16N4O3/c1-3-5-11-12(17(18)19)13(16(2)15-11)20-10-7-4-6-9(14)8-10/h4,6-8H,3,5,14H2,1-2H3. The van der Waals surface area contributed by atoms with Crippen LogP contribution >= 0.6 is 0 Å². The van der Waals surface area contributed by atoms with Gasteiger partial charge in [-0.25, -0.2) is 4.68 Å². The van der Waals surface area contributed by atoms with E-state index in [1.54, 1.807) is 31.3 Å². The summed E-state index contributed by atoms with van der Waals surface area (Å²) in [6, 6.07) is 6.73. The van der Waals surface area contributed by atoms with Gasteiger partial charge in [-0.05, 0) is 18.6 Å². The maximum absolute atomic E-state index is 11.2. The minimum absolute atomic E-state index is 0.0863. The fourth-order valence-electron chi connectivity index (χ4n) is 1.94. The van der Waals surface area contributed by atoms with Gasteiger partial charge in [-0.15, -0.1) is 0 Å². The second kappa shape index (κ2) is 5.60. The fourth-order valence-corrected chi connectivity index (χ4v) is 1.94. The Labute approximate surface area is 116 Å². The summed E-state index contributed by atoms with van der Waals surface area (Å²) in [4.78, 5) is 10.8. The third-order valence-electron chi connectivity index (χ3n) is 2.78. The van der Waals surface area contributed by atoms with E-state index in [2.05, 4.69) is 5.10 Å². The number of anilines is 1. The van der Waals surface area contributed by atoms with Gasteiger partial charge in [-0.2, -0.15) is 5.10 Å². The van der Waals surface area contributed by atoms with Gasteiger partial charge in [0, 0.05) is 18.8 Å². The Balaban J connectivity index is 2.42. The predicted octanol–water partition coefficient (Wildman–Crippen LogP) is 2.66. The van der Waals surface area contributed by atoms with Crippen LogP contribution in [0.3, 0.4) is 0 Å². The number of aromatic nitrogens is 2. The van der Waals surface area contributed by atoms with Crippen LogP contribution in [0, 0.1) is 10.1 Å². The Morgan fingerprint density at radius 1 is 1.50 bits per heavy atom. The van der Waals surface area contributed by atoms with E-state index in [0.29, 0.717) is 23.6 Å². The normalized spacial score (nSPS) is 10.5. The van der Waals surface area contributed by atoms with Crippen molar-refractivity contribution >= 4 is 11.4 Å². The number of nitrogen functional groups attached to an aromatic ring is 1. The number of benzene rings is 1. The van der Waals surface area contributed by atoms with Crippen molar-refractivity contribution in [3.8, 4) is 11.6 Å². The van der Waals surface area contributed by atoms with E-state index in [1.807, 2.05) is 6.92 Å². The number of hydrogen-bond donors (Lipinski definition) is 1. The molecule has 2 rings (SSSR count). The van der Waals surface area contributed by atoms with Gasteiger partial charge in [0.25, 0.3) is 5.88 Å². The highest BCUT2D eigenvalue weighted by Gasteiger charge is 2.28. The minimum atomic E-state index is -0.459. The number of nitrogens with zero attached hydrogens (tertiary/aromatic N) is 3. The molecule has 0 saturated carbocycles. The predicted molar refractivity (Wildman–Crippen MR) is 74.8 cm³/mol. The summed E-state index contributed by atoms with van der Waals surface area (Å²) in [5, 5.41) is 15.4. The van der Waals surface area contributed by atoms with Crippen LogP contribution in [0.4, 0.5) is 11.4 Å². The highest BCUT2D eigenvalue weighted by molar-refractivity contribution is 5.50. The lowest BCUT2D eigenvalue weighted by atomic mass is 10.2. The molecule has 2 N–H and O–H groups in total. The summed E-state index contributed by atoms with van der Waals surface area (Å²) in [7, 11) is 1.62. The van der Waals surface area contributed by atoms with Crippen LogP contribution < -0.4 is 10.5 Å². The first kappa shape index (κ1) is 13.9. The molecule has 2 aromatic rings. The van der Waals surface area contributed by atoms with E-state index < -0.39 is 4.92 Å². The lowest BCUT2D eigenvalue weighted by molar-refractivity contribution is -0.386. The van der Waals surface area contributed by atoms with Gasteiger partial charge in [0.1, 0.15) is 11.4 Å². The average molecular weight is 276 g/mol. The van der Waals surface area contributed by atoms with E-state index in [4.69, 9.17) is 10.5 Å². The van der Waals surface area contributed by atoms with Gasteiger partial charge < -0.3 is 10.5 Å². The summed E-state index contributed by atoms with van der Waals surface area (Å²) in [6.07, 6.45) is 1.31. The van der Waals surface area contributed by atoms with Crippen molar-refractivity contribution < 1.29 is 9.66 Å². The van der Waals surface area contributed by atoms with E-state index in [-0.39, 0.29) is 11.6 Å². The van der Waals surface area contributed by atoms with E-state index in [1.165, 1.54) is 4.68 Å². The molecular weight excluding hydrogens is 260 g/mol. The maximum Gasteiger partial charge on any atom is 0.353 e. The quantitative estimate of drug-likeness (QED) is 0.514. The van der Waals surface area contributed by atoms with Crippen LogP contribution in [0.25, 0.3) is 0 Å². The van der Waals surface area contributed by atoms with Crippen molar-refractivity contribution in [3.63, 3.8) is 0 Å². The number of ether oxygens (including phenoxy) is 1. The van der Waals surface area contributed by atoms with Crippen molar-refractivity contribution in [1.29, 1.82) is 0 Å². The van der Waals surface area contributed by atoms with Crippen LogP contribution in [-0.2, 0) is 13.5 Å². The maximum atomic E-state index is 11.2. The number of aryl methyl sites for hydroxylation is 2. The number of hydrogen-bond acceptors (Lipinski definition) is 5. The second-order valence-electron chi connectivity index (χ2n) is 4.41. The molecule has 0 amide bonds. The third kappa shape index (κ3) is 2.71. The molecule has 20 heavy (non-hydrogen) atoms. The topological polar surface area (TPSA) is 96.2 Å². The molecule has 7 nitrogen and oxygen atoms in total. The highest BCUT2D eigenvalue weighted by Crippen LogP contribution is 2.34. The van der Waals surface area contributed by atoms with Gasteiger partial charge >= 0.3 is 5.69 Å². The molecule has 0 fully saturated rings. The van der Waals surface area contributed by atoms with Gasteiger partial charge in [-0.1, -0.05) is 19.4 Å². The summed E-state index contributed by atoms with van der Waals surface area (Å²) in [5.74, 6) is 0.559. The average Bonchev–Trinajstić information content (AvgIpc) is 2.66. The number of rotatable bonds is 5. The Hall–Kier alpha value is -2.57. The number of nitrogens with two attached hydrogens (primary N) is 1. The monoisotopic (exact) mass is 276 g/mol. The Morgan fingerprint density at radius 2 is 2.25 bits per heavy atom. The van der Waals surface area contributed by atoms with Crippen LogP contribution in [-0.4, -0.2) is 14.7 Å². The van der Waals surface area contributed by atoms with Gasteiger partial charge in [0.05, 0.1) is 4.92 Å². The largest absolute Gasteiger partial charge is 0.434 e. The molecule has 0 radical (unpaired) electrons. The SMILES string of the molecule is CCCc1nn(C)c(Oc2cccc(N)c2)c1[N+](=O)[O-]. The molecular formula is C13H16N4O3. The van der Waals surface area contributed by atoms with Crippen LogP contribution in [0.2, 0.25) is 0 Å². The molecule has 0 atom stereocenters. The molecule has 0 bridgehead atoms. The lowest BCUT2D eigenvalue weighted by Crippen LogP contribution is -1.98. The first-order valence-electron chi connectivity index (χ1n) is 6.26. The van der Waals surface area contributed by atoms with Crippen LogP contribution in [0.1, 0.15) is 19.0 Å². The lowest BCUT2D eigenvalue weighted by Gasteiger charge is -2.05. The number of nitro groups is 1. The van der Waals surface area contributed by atoms with Crippen molar-refractivity contribution in [2.24, 2.45) is 7.05 Å². The summed E-state index contributed by atoms with van der Waals surface area (Å²) >= 11 is 0. The third-order valence-corrected chi connectivity index (χ3v) is 2.78. The van der Waals surface area contributed by atoms with Crippen molar-refractivity contribution in [2.45, 2.75) is 19.8 Å². The molecule has 0 unspecified atom stereocenters. The van der Waals surface area contributed by atoms with Gasteiger partial charge in [0.2, 0.25) is 0 Å². The molecule has 0 saturated heterocycles. The summed E-state index contributed by atoms with van der Waals surface area (Å²) in [5.41, 5.74) is 6.54. The van der Waals surface area contributed by atoms with Crippen molar-refractivity contribution in [1.82, 2.24) is 9.78 Å². The van der Waals surface area contributed by atoms with Crippen LogP contribution in [0.5, 0.6) is 11.6 Å². The smallest absolute Gasteiger partial charge is 0.353 e. The molecule has 1 aromatic carbocycles. The van der Waals surface area contributed by atoms with Crippen LogP contribution in [0.15, 0.2) is 24.3 Å². The zero-order chi connectivity index (χ0) is 14.7. The molecule has 7 heteroatoms. The second-order valence-corrected chi connectivity index (χ2v) is 4.41. The Morgan fingerprint density at radius 3 is 2.85 bits per heavy atom. The molecule has 1 aromatic heterocycles. The molecule has 0 aliphatic carbocycles. The van der Waals surface area contributed by atoms with Crippen molar-refractivity contribution in [2.75, 3.05) is 5.73 Å². The Kier molecular flexibility index (Phi) is 3.88. The molecule has 106 valence electrons.